The average Bonchev–Trinajstić information content (AvgIpc) is 3.12. The fourth-order valence-corrected chi connectivity index (χ4v) is 2.12. The number of urea groups is 1. The molecule has 7 nitrogen and oxygen atoms in total. The van der Waals surface area contributed by atoms with Gasteiger partial charge in [-0.25, -0.2) is 13.9 Å². The Balaban J connectivity index is 1.47. The van der Waals surface area contributed by atoms with Gasteiger partial charge in [0.2, 0.25) is 0 Å². The molecule has 1 heterocycles. The molecule has 1 aromatic heterocycles. The maximum atomic E-state index is 12.8. The molecule has 122 valence electrons. The molecule has 0 bridgehead atoms. The van der Waals surface area contributed by atoms with Crippen molar-refractivity contribution in [3.8, 4) is 5.69 Å². The molecule has 0 spiro atoms. The molecule has 0 radical (unpaired) electrons. The van der Waals surface area contributed by atoms with Crippen molar-refractivity contribution in [2.45, 2.75) is 6.42 Å². The summed E-state index contributed by atoms with van der Waals surface area (Å²) in [5.41, 5.74) is 2.41. The Morgan fingerprint density at radius 1 is 1.08 bits per heavy atom. The third-order valence-corrected chi connectivity index (χ3v) is 3.35. The zero-order chi connectivity index (χ0) is 16.8. The lowest BCUT2D eigenvalue weighted by molar-refractivity contribution is 0.252. The number of nitrogens with zero attached hydrogens (tertiary/aromatic N) is 4. The largest absolute Gasteiger partial charge is 0.338 e. The standard InChI is InChI=1S/C16H15FN6O/c17-13-3-1-12(2-4-13)9-10-18-16(24)20-14-5-7-15(8-6-14)23-11-19-21-22-23/h1-8,11H,9-10H2,(H2,18,20,24). The van der Waals surface area contributed by atoms with Crippen LogP contribution in [0.15, 0.2) is 54.9 Å². The van der Waals surface area contributed by atoms with Crippen molar-refractivity contribution >= 4 is 11.7 Å². The highest BCUT2D eigenvalue weighted by Gasteiger charge is 2.03. The first kappa shape index (κ1) is 15.6. The van der Waals surface area contributed by atoms with Crippen LogP contribution in [0.5, 0.6) is 0 Å². The number of amides is 2. The van der Waals surface area contributed by atoms with Gasteiger partial charge in [0.15, 0.2) is 0 Å². The summed E-state index contributed by atoms with van der Waals surface area (Å²) in [7, 11) is 0. The van der Waals surface area contributed by atoms with Gasteiger partial charge in [0, 0.05) is 12.2 Å². The second-order valence-electron chi connectivity index (χ2n) is 5.06. The van der Waals surface area contributed by atoms with E-state index in [1.165, 1.54) is 23.1 Å². The summed E-state index contributed by atoms with van der Waals surface area (Å²) < 4.78 is 14.3. The monoisotopic (exact) mass is 326 g/mol. The van der Waals surface area contributed by atoms with Gasteiger partial charge in [0.25, 0.3) is 0 Å². The van der Waals surface area contributed by atoms with Crippen molar-refractivity contribution < 1.29 is 9.18 Å². The molecule has 0 aliphatic carbocycles. The Hall–Kier alpha value is -3.29. The molecule has 3 rings (SSSR count). The molecule has 0 unspecified atom stereocenters. The maximum absolute atomic E-state index is 12.8. The van der Waals surface area contributed by atoms with Gasteiger partial charge in [-0.15, -0.1) is 5.10 Å². The summed E-state index contributed by atoms with van der Waals surface area (Å²) in [6.45, 7) is 0.459. The Morgan fingerprint density at radius 2 is 1.83 bits per heavy atom. The molecule has 2 N–H and O–H groups in total. The van der Waals surface area contributed by atoms with Gasteiger partial charge < -0.3 is 10.6 Å². The van der Waals surface area contributed by atoms with Crippen LogP contribution < -0.4 is 10.6 Å². The number of rotatable bonds is 5. The van der Waals surface area contributed by atoms with Crippen molar-refractivity contribution in [2.75, 3.05) is 11.9 Å². The van der Waals surface area contributed by atoms with E-state index >= 15 is 0 Å². The number of anilines is 1. The summed E-state index contributed by atoms with van der Waals surface area (Å²) in [6, 6.07) is 13.0. The number of benzene rings is 2. The molecule has 0 aliphatic rings. The number of tetrazole rings is 1. The van der Waals surface area contributed by atoms with E-state index in [2.05, 4.69) is 26.2 Å². The van der Waals surface area contributed by atoms with E-state index in [0.717, 1.165) is 11.3 Å². The first-order chi connectivity index (χ1) is 11.7. The molecule has 0 saturated heterocycles. The van der Waals surface area contributed by atoms with Crippen LogP contribution >= 0.6 is 0 Å². The van der Waals surface area contributed by atoms with Crippen LogP contribution in [0.3, 0.4) is 0 Å². The van der Waals surface area contributed by atoms with E-state index in [0.29, 0.717) is 18.7 Å². The number of halogens is 1. The van der Waals surface area contributed by atoms with Crippen molar-refractivity contribution in [2.24, 2.45) is 0 Å². The second-order valence-corrected chi connectivity index (χ2v) is 5.06. The van der Waals surface area contributed by atoms with Crippen LogP contribution in [0, 0.1) is 5.82 Å². The number of carbonyl (C=O) groups is 1. The summed E-state index contributed by atoms with van der Waals surface area (Å²) in [5.74, 6) is -0.269. The third kappa shape index (κ3) is 4.13. The molecular formula is C16H15FN6O. The molecule has 8 heteroatoms. The van der Waals surface area contributed by atoms with Gasteiger partial charge in [-0.05, 0) is 58.8 Å². The zero-order valence-corrected chi connectivity index (χ0v) is 12.7. The van der Waals surface area contributed by atoms with Gasteiger partial charge in [-0.3, -0.25) is 0 Å². The minimum absolute atomic E-state index is 0.269. The van der Waals surface area contributed by atoms with Gasteiger partial charge in [0.1, 0.15) is 12.1 Å². The zero-order valence-electron chi connectivity index (χ0n) is 12.7. The maximum Gasteiger partial charge on any atom is 0.319 e. The van der Waals surface area contributed by atoms with E-state index < -0.39 is 0 Å². The Labute approximate surface area is 137 Å². The van der Waals surface area contributed by atoms with Gasteiger partial charge >= 0.3 is 6.03 Å². The van der Waals surface area contributed by atoms with Crippen molar-refractivity contribution in [3.05, 3.63) is 66.2 Å². The third-order valence-electron chi connectivity index (χ3n) is 3.35. The second kappa shape index (κ2) is 7.32. The van der Waals surface area contributed by atoms with E-state index in [4.69, 9.17) is 0 Å². The summed E-state index contributed by atoms with van der Waals surface area (Å²) in [4.78, 5) is 11.9. The van der Waals surface area contributed by atoms with Crippen molar-refractivity contribution in [1.82, 2.24) is 25.5 Å². The quantitative estimate of drug-likeness (QED) is 0.752. The van der Waals surface area contributed by atoms with Crippen LogP contribution in [0.2, 0.25) is 0 Å². The predicted molar refractivity (Wildman–Crippen MR) is 86.3 cm³/mol. The molecule has 3 aromatic rings. The van der Waals surface area contributed by atoms with Gasteiger partial charge in [0.05, 0.1) is 5.69 Å². The Morgan fingerprint density at radius 3 is 2.50 bits per heavy atom. The fourth-order valence-electron chi connectivity index (χ4n) is 2.12. The molecule has 0 saturated carbocycles. The molecule has 2 aromatic carbocycles. The summed E-state index contributed by atoms with van der Waals surface area (Å²) >= 11 is 0. The molecule has 0 fully saturated rings. The van der Waals surface area contributed by atoms with Crippen molar-refractivity contribution in [1.29, 1.82) is 0 Å². The normalized spacial score (nSPS) is 10.4. The van der Waals surface area contributed by atoms with Crippen LogP contribution in [0.4, 0.5) is 14.9 Å². The number of carbonyl (C=O) groups excluding carboxylic acids is 1. The molecular weight excluding hydrogens is 311 g/mol. The Bertz CT molecular complexity index is 786. The smallest absolute Gasteiger partial charge is 0.319 e. The number of hydrogen-bond acceptors (Lipinski definition) is 4. The number of nitrogens with one attached hydrogen (secondary N) is 2. The van der Waals surface area contributed by atoms with Gasteiger partial charge in [-0.1, -0.05) is 12.1 Å². The van der Waals surface area contributed by atoms with E-state index in [1.54, 1.807) is 36.4 Å². The summed E-state index contributed by atoms with van der Waals surface area (Å²) in [6.07, 6.45) is 2.12. The lowest BCUT2D eigenvalue weighted by atomic mass is 10.1. The SMILES string of the molecule is O=C(NCCc1ccc(F)cc1)Nc1ccc(-n2cnnn2)cc1. The molecule has 24 heavy (non-hydrogen) atoms. The molecule has 0 atom stereocenters. The minimum atomic E-state index is -0.299. The Kier molecular flexibility index (Phi) is 4.76. The predicted octanol–water partition coefficient (Wildman–Crippen LogP) is 2.17. The topological polar surface area (TPSA) is 84.7 Å². The first-order valence-electron chi connectivity index (χ1n) is 7.33. The fraction of sp³-hybridized carbons (Fsp3) is 0.125. The number of hydrogen-bond donors (Lipinski definition) is 2. The van der Waals surface area contributed by atoms with Crippen molar-refractivity contribution in [3.63, 3.8) is 0 Å². The average molecular weight is 326 g/mol. The highest BCUT2D eigenvalue weighted by atomic mass is 19.1. The minimum Gasteiger partial charge on any atom is -0.338 e. The van der Waals surface area contributed by atoms with E-state index in [1.807, 2.05) is 0 Å². The number of aromatic nitrogens is 4. The molecule has 0 aliphatic heterocycles. The highest BCUT2D eigenvalue weighted by Crippen LogP contribution is 2.11. The van der Waals surface area contributed by atoms with Crippen LogP contribution in [-0.4, -0.2) is 32.8 Å². The van der Waals surface area contributed by atoms with E-state index in [-0.39, 0.29) is 11.8 Å². The van der Waals surface area contributed by atoms with Crippen LogP contribution in [0.25, 0.3) is 5.69 Å². The van der Waals surface area contributed by atoms with Crippen LogP contribution in [0.1, 0.15) is 5.56 Å². The lowest BCUT2D eigenvalue weighted by Gasteiger charge is -2.08. The lowest BCUT2D eigenvalue weighted by Crippen LogP contribution is -2.30. The highest BCUT2D eigenvalue weighted by molar-refractivity contribution is 5.89. The van der Waals surface area contributed by atoms with Crippen LogP contribution in [-0.2, 0) is 6.42 Å². The van der Waals surface area contributed by atoms with Gasteiger partial charge in [-0.2, -0.15) is 0 Å². The molecule has 2 amide bonds. The summed E-state index contributed by atoms with van der Waals surface area (Å²) in [5, 5.41) is 16.4. The first-order valence-corrected chi connectivity index (χ1v) is 7.33. The van der Waals surface area contributed by atoms with E-state index in [9.17, 15) is 9.18 Å².